The summed E-state index contributed by atoms with van der Waals surface area (Å²) in [7, 11) is 1.66. The number of nitrogens with zero attached hydrogens (tertiary/aromatic N) is 4. The van der Waals surface area contributed by atoms with Crippen LogP contribution in [0, 0.1) is 6.92 Å². The van der Waals surface area contributed by atoms with Gasteiger partial charge in [0.2, 0.25) is 0 Å². The molecule has 5 aromatic rings. The van der Waals surface area contributed by atoms with Crippen LogP contribution >= 0.6 is 0 Å². The summed E-state index contributed by atoms with van der Waals surface area (Å²) >= 11 is 0. The van der Waals surface area contributed by atoms with E-state index in [4.69, 9.17) is 15.5 Å². The van der Waals surface area contributed by atoms with Crippen LogP contribution in [0.25, 0.3) is 39.1 Å². The Labute approximate surface area is 196 Å². The van der Waals surface area contributed by atoms with Gasteiger partial charge in [-0.2, -0.15) is 9.61 Å². The van der Waals surface area contributed by atoms with Crippen LogP contribution in [0.5, 0.6) is 5.75 Å². The second kappa shape index (κ2) is 7.62. The van der Waals surface area contributed by atoms with E-state index in [0.29, 0.717) is 12.8 Å². The van der Waals surface area contributed by atoms with Crippen LogP contribution in [0.4, 0.5) is 0 Å². The molecular formula is C27H25N5O2. The summed E-state index contributed by atoms with van der Waals surface area (Å²) < 4.78 is 7.14. The molecule has 3 aromatic heterocycles. The minimum Gasteiger partial charge on any atom is -0.497 e. The minimum atomic E-state index is -0.460. The van der Waals surface area contributed by atoms with Crippen molar-refractivity contribution in [3.05, 3.63) is 78.1 Å². The Kier molecular flexibility index (Phi) is 4.65. The molecule has 2 aromatic carbocycles. The maximum Gasteiger partial charge on any atom is 0.165 e. The standard InChI is InChI=1S/C27H25N5O2/c1-16-11-24-29-15-19-12-23(17-5-9-22(34-2)10-6-17)25(30-26(19)32(24)31-16)18-3-7-20(8-4-18)27(28)13-21(33)14-27/h3-12,15,21,33H,13-14,28H2,1-2H3. The number of aromatic nitrogens is 4. The van der Waals surface area contributed by atoms with Crippen LogP contribution in [0.3, 0.4) is 0 Å². The lowest BCUT2D eigenvalue weighted by molar-refractivity contribution is 0.0209. The van der Waals surface area contributed by atoms with E-state index in [1.54, 1.807) is 11.6 Å². The van der Waals surface area contributed by atoms with Crippen molar-refractivity contribution in [2.24, 2.45) is 5.73 Å². The molecule has 1 aliphatic carbocycles. The Morgan fingerprint density at radius 3 is 2.41 bits per heavy atom. The Hall–Kier alpha value is -3.81. The van der Waals surface area contributed by atoms with E-state index in [-0.39, 0.29) is 6.10 Å². The van der Waals surface area contributed by atoms with Gasteiger partial charge in [-0.05, 0) is 49.1 Å². The zero-order valence-electron chi connectivity index (χ0n) is 19.1. The molecule has 0 radical (unpaired) electrons. The predicted molar refractivity (Wildman–Crippen MR) is 132 cm³/mol. The highest BCUT2D eigenvalue weighted by atomic mass is 16.5. The van der Waals surface area contributed by atoms with Gasteiger partial charge in [0.15, 0.2) is 11.3 Å². The lowest BCUT2D eigenvalue weighted by Crippen LogP contribution is -2.51. The zero-order chi connectivity index (χ0) is 23.4. The number of aliphatic hydroxyl groups is 1. The number of pyridine rings is 1. The lowest BCUT2D eigenvalue weighted by atomic mass is 9.70. The predicted octanol–water partition coefficient (Wildman–Crippen LogP) is 4.24. The highest BCUT2D eigenvalue weighted by molar-refractivity contribution is 5.90. The number of aryl methyl sites for hydroxylation is 1. The fourth-order valence-corrected chi connectivity index (χ4v) is 4.84. The van der Waals surface area contributed by atoms with Crippen LogP contribution in [-0.2, 0) is 5.54 Å². The summed E-state index contributed by atoms with van der Waals surface area (Å²) in [6.45, 7) is 1.95. The summed E-state index contributed by atoms with van der Waals surface area (Å²) in [4.78, 5) is 9.66. The number of benzene rings is 2. The van der Waals surface area contributed by atoms with E-state index >= 15 is 0 Å². The molecule has 34 heavy (non-hydrogen) atoms. The van der Waals surface area contributed by atoms with Crippen molar-refractivity contribution < 1.29 is 9.84 Å². The third-order valence-electron chi connectivity index (χ3n) is 6.71. The number of fused-ring (bicyclic) bond motifs is 3. The molecule has 0 unspecified atom stereocenters. The van der Waals surface area contributed by atoms with Crippen LogP contribution in [0.15, 0.2) is 66.9 Å². The first kappa shape index (κ1) is 20.8. The summed E-state index contributed by atoms with van der Waals surface area (Å²) in [5.74, 6) is 0.801. The SMILES string of the molecule is COc1ccc(-c2cc3cnc4cc(C)nn4c3nc2-c2ccc(C3(N)CC(O)C3)cc2)cc1. The molecule has 170 valence electrons. The molecule has 0 spiro atoms. The molecule has 1 saturated carbocycles. The van der Waals surface area contributed by atoms with Crippen LogP contribution in [0.2, 0.25) is 0 Å². The second-order valence-electron chi connectivity index (χ2n) is 9.14. The maximum atomic E-state index is 9.75. The van der Waals surface area contributed by atoms with E-state index < -0.39 is 5.54 Å². The third-order valence-corrected chi connectivity index (χ3v) is 6.71. The fourth-order valence-electron chi connectivity index (χ4n) is 4.84. The van der Waals surface area contributed by atoms with E-state index in [9.17, 15) is 5.11 Å². The Bertz CT molecular complexity index is 1520. The maximum absolute atomic E-state index is 9.75. The van der Waals surface area contributed by atoms with Gasteiger partial charge in [-0.25, -0.2) is 9.97 Å². The summed E-state index contributed by atoms with van der Waals surface area (Å²) in [6, 6.07) is 20.2. The number of methoxy groups -OCH3 is 1. The van der Waals surface area contributed by atoms with E-state index in [1.807, 2.05) is 55.6 Å². The van der Waals surface area contributed by atoms with Gasteiger partial charge in [0.05, 0.1) is 24.6 Å². The van der Waals surface area contributed by atoms with Gasteiger partial charge in [-0.1, -0.05) is 36.4 Å². The molecular weight excluding hydrogens is 426 g/mol. The molecule has 1 fully saturated rings. The summed E-state index contributed by atoms with van der Waals surface area (Å²) in [6.07, 6.45) is 2.70. The van der Waals surface area contributed by atoms with Crippen LogP contribution in [0.1, 0.15) is 24.1 Å². The second-order valence-corrected chi connectivity index (χ2v) is 9.14. The summed E-state index contributed by atoms with van der Waals surface area (Å²) in [5, 5.41) is 15.3. The van der Waals surface area contributed by atoms with E-state index in [1.165, 1.54) is 0 Å². The average molecular weight is 452 g/mol. The first-order valence-corrected chi connectivity index (χ1v) is 11.3. The molecule has 3 N–H and O–H groups in total. The molecule has 3 heterocycles. The Balaban J connectivity index is 1.54. The van der Waals surface area contributed by atoms with Crippen molar-refractivity contribution in [1.82, 2.24) is 19.6 Å². The normalized spacial score (nSPS) is 19.9. The molecule has 6 rings (SSSR count). The van der Waals surface area contributed by atoms with Crippen molar-refractivity contribution in [1.29, 1.82) is 0 Å². The van der Waals surface area contributed by atoms with Crippen LogP contribution in [-0.4, -0.2) is 37.9 Å². The first-order valence-electron chi connectivity index (χ1n) is 11.3. The first-order chi connectivity index (χ1) is 16.4. The molecule has 0 aliphatic heterocycles. The number of hydrogen-bond acceptors (Lipinski definition) is 6. The largest absolute Gasteiger partial charge is 0.497 e. The fraction of sp³-hybridized carbons (Fsp3) is 0.222. The van der Waals surface area contributed by atoms with E-state index in [0.717, 1.165) is 56.1 Å². The Morgan fingerprint density at radius 2 is 1.74 bits per heavy atom. The Morgan fingerprint density at radius 1 is 1.03 bits per heavy atom. The van der Waals surface area contributed by atoms with Crippen molar-refractivity contribution in [2.45, 2.75) is 31.4 Å². The van der Waals surface area contributed by atoms with Gasteiger partial charge in [0.25, 0.3) is 0 Å². The lowest BCUT2D eigenvalue weighted by Gasteiger charge is -2.42. The number of ether oxygens (including phenoxy) is 1. The topological polar surface area (TPSA) is 98.6 Å². The van der Waals surface area contributed by atoms with Gasteiger partial charge in [0.1, 0.15) is 5.75 Å². The van der Waals surface area contributed by atoms with Crippen molar-refractivity contribution in [2.75, 3.05) is 7.11 Å². The van der Waals surface area contributed by atoms with Crippen molar-refractivity contribution in [3.63, 3.8) is 0 Å². The summed E-state index contributed by atoms with van der Waals surface area (Å²) in [5.41, 5.74) is 13.3. The number of nitrogens with two attached hydrogens (primary N) is 1. The molecule has 0 bridgehead atoms. The molecule has 7 heteroatoms. The van der Waals surface area contributed by atoms with Gasteiger partial charge in [-0.15, -0.1) is 0 Å². The molecule has 0 saturated heterocycles. The monoisotopic (exact) mass is 451 g/mol. The van der Waals surface area contributed by atoms with Crippen LogP contribution < -0.4 is 10.5 Å². The molecule has 0 atom stereocenters. The molecule has 7 nitrogen and oxygen atoms in total. The number of aliphatic hydroxyl groups excluding tert-OH is 1. The van der Waals surface area contributed by atoms with E-state index in [2.05, 4.69) is 28.3 Å². The minimum absolute atomic E-state index is 0.318. The zero-order valence-corrected chi connectivity index (χ0v) is 19.1. The van der Waals surface area contributed by atoms with Gasteiger partial charge >= 0.3 is 0 Å². The quantitative estimate of drug-likeness (QED) is 0.424. The average Bonchev–Trinajstić information content (AvgIpc) is 3.23. The molecule has 1 aliphatic rings. The molecule has 0 amide bonds. The van der Waals surface area contributed by atoms with Gasteiger partial charge in [0, 0.05) is 34.3 Å². The number of rotatable bonds is 4. The highest BCUT2D eigenvalue weighted by Gasteiger charge is 2.41. The van der Waals surface area contributed by atoms with Gasteiger partial charge < -0.3 is 15.6 Å². The third kappa shape index (κ3) is 3.32. The van der Waals surface area contributed by atoms with Crippen molar-refractivity contribution in [3.8, 4) is 28.1 Å². The smallest absolute Gasteiger partial charge is 0.165 e. The highest BCUT2D eigenvalue weighted by Crippen LogP contribution is 2.40. The van der Waals surface area contributed by atoms with Crippen molar-refractivity contribution >= 4 is 16.7 Å². The number of hydrogen-bond donors (Lipinski definition) is 2. The van der Waals surface area contributed by atoms with Gasteiger partial charge in [-0.3, -0.25) is 0 Å².